The average Bonchev–Trinajstić information content (AvgIpc) is 2.97. The van der Waals surface area contributed by atoms with Crippen LogP contribution in [-0.4, -0.2) is 30.4 Å². The number of nitrogens with zero attached hydrogens (tertiary/aromatic N) is 2. The number of ether oxygens (including phenoxy) is 2. The Balaban J connectivity index is 2.00. The monoisotopic (exact) mass is 373 g/mol. The van der Waals surface area contributed by atoms with Crippen molar-refractivity contribution in [2.45, 2.75) is 20.0 Å². The zero-order valence-corrected chi connectivity index (χ0v) is 13.9. The van der Waals surface area contributed by atoms with Crippen molar-refractivity contribution in [2.75, 3.05) is 12.0 Å². The van der Waals surface area contributed by atoms with Crippen LogP contribution in [0.1, 0.15) is 18.2 Å². The van der Waals surface area contributed by atoms with Gasteiger partial charge in [-0.15, -0.1) is 11.3 Å². The number of hydrazone groups is 1. The fourth-order valence-corrected chi connectivity index (χ4v) is 2.44. The minimum atomic E-state index is -3.03. The summed E-state index contributed by atoms with van der Waals surface area (Å²) in [7, 11) is 0. The number of rotatable bonds is 8. The molecule has 1 aromatic heterocycles. The molecule has 0 amide bonds. The van der Waals surface area contributed by atoms with Gasteiger partial charge in [0, 0.05) is 10.9 Å². The standard InChI is InChI=1S/C15H14F3N3O3S/c1-2-23-13(22)6-11-8-25-15(20-11)21-19-7-9-5-10(16)3-4-12(9)24-14(17)18/h3-5,7-8,14H,2,6H2,1H3,(H,20,21). The van der Waals surface area contributed by atoms with Gasteiger partial charge in [0.15, 0.2) is 0 Å². The number of aromatic nitrogens is 1. The normalized spacial score (nSPS) is 11.1. The summed E-state index contributed by atoms with van der Waals surface area (Å²) >= 11 is 1.19. The molecular formula is C15H14F3N3O3S. The predicted molar refractivity (Wildman–Crippen MR) is 86.7 cm³/mol. The number of hydrogen-bond acceptors (Lipinski definition) is 7. The highest BCUT2D eigenvalue weighted by atomic mass is 32.1. The summed E-state index contributed by atoms with van der Waals surface area (Å²) < 4.78 is 47.0. The van der Waals surface area contributed by atoms with Crippen molar-refractivity contribution in [3.8, 4) is 5.75 Å². The topological polar surface area (TPSA) is 72.8 Å². The number of halogens is 3. The first kappa shape index (κ1) is 18.7. The number of anilines is 1. The first-order valence-corrected chi connectivity index (χ1v) is 7.99. The summed E-state index contributed by atoms with van der Waals surface area (Å²) in [6, 6.07) is 3.10. The molecule has 0 spiro atoms. The Bertz CT molecular complexity index is 753. The quantitative estimate of drug-likeness (QED) is 0.436. The number of hydrogen-bond donors (Lipinski definition) is 1. The largest absolute Gasteiger partial charge is 0.466 e. The van der Waals surface area contributed by atoms with Gasteiger partial charge in [-0.2, -0.15) is 13.9 Å². The highest BCUT2D eigenvalue weighted by Crippen LogP contribution is 2.21. The van der Waals surface area contributed by atoms with E-state index in [4.69, 9.17) is 4.74 Å². The molecule has 1 aromatic carbocycles. The molecule has 134 valence electrons. The zero-order valence-electron chi connectivity index (χ0n) is 13.0. The molecule has 0 saturated carbocycles. The second-order valence-electron chi connectivity index (χ2n) is 4.56. The Morgan fingerprint density at radius 1 is 1.48 bits per heavy atom. The lowest BCUT2D eigenvalue weighted by Gasteiger charge is -2.07. The van der Waals surface area contributed by atoms with E-state index >= 15 is 0 Å². The number of thiazole rings is 1. The van der Waals surface area contributed by atoms with Gasteiger partial charge < -0.3 is 9.47 Å². The van der Waals surface area contributed by atoms with E-state index in [-0.39, 0.29) is 24.3 Å². The van der Waals surface area contributed by atoms with Gasteiger partial charge in [-0.1, -0.05) is 0 Å². The molecule has 10 heteroatoms. The van der Waals surface area contributed by atoms with Crippen LogP contribution in [0.4, 0.5) is 18.3 Å². The van der Waals surface area contributed by atoms with Crippen molar-refractivity contribution >= 4 is 28.7 Å². The molecule has 1 N–H and O–H groups in total. The molecule has 0 aliphatic rings. The van der Waals surface area contributed by atoms with Crippen LogP contribution in [0.2, 0.25) is 0 Å². The minimum absolute atomic E-state index is 0.0337. The van der Waals surface area contributed by atoms with E-state index in [1.54, 1.807) is 12.3 Å². The summed E-state index contributed by atoms with van der Waals surface area (Å²) in [5.41, 5.74) is 3.12. The zero-order chi connectivity index (χ0) is 18.2. The van der Waals surface area contributed by atoms with Crippen molar-refractivity contribution in [3.05, 3.63) is 40.7 Å². The number of nitrogens with one attached hydrogen (secondary N) is 1. The second-order valence-corrected chi connectivity index (χ2v) is 5.41. The molecular weight excluding hydrogens is 359 g/mol. The first-order chi connectivity index (χ1) is 12.0. The van der Waals surface area contributed by atoms with Gasteiger partial charge in [0.2, 0.25) is 5.13 Å². The Morgan fingerprint density at radius 2 is 2.28 bits per heavy atom. The van der Waals surface area contributed by atoms with E-state index in [1.807, 2.05) is 0 Å². The second kappa shape index (κ2) is 9.02. The predicted octanol–water partition coefficient (Wildman–Crippen LogP) is 3.44. The summed E-state index contributed by atoms with van der Waals surface area (Å²) in [5, 5.41) is 5.85. The number of carbonyl (C=O) groups excluding carboxylic acids is 1. The Labute approximate surface area is 145 Å². The lowest BCUT2D eigenvalue weighted by atomic mass is 10.2. The van der Waals surface area contributed by atoms with Crippen molar-refractivity contribution < 1.29 is 27.4 Å². The van der Waals surface area contributed by atoms with E-state index < -0.39 is 18.4 Å². The third kappa shape index (κ3) is 6.07. The Morgan fingerprint density at radius 3 is 3.00 bits per heavy atom. The lowest BCUT2D eigenvalue weighted by Crippen LogP contribution is -2.07. The average molecular weight is 373 g/mol. The number of carbonyl (C=O) groups is 1. The van der Waals surface area contributed by atoms with Crippen molar-refractivity contribution in [1.29, 1.82) is 0 Å². The molecule has 6 nitrogen and oxygen atoms in total. The maximum absolute atomic E-state index is 13.2. The molecule has 0 saturated heterocycles. The van der Waals surface area contributed by atoms with E-state index in [9.17, 15) is 18.0 Å². The molecule has 2 rings (SSSR count). The van der Waals surface area contributed by atoms with Crippen LogP contribution in [0.3, 0.4) is 0 Å². The molecule has 0 radical (unpaired) electrons. The molecule has 0 fully saturated rings. The smallest absolute Gasteiger partial charge is 0.387 e. The van der Waals surface area contributed by atoms with E-state index in [1.165, 1.54) is 11.3 Å². The molecule has 0 unspecified atom stereocenters. The van der Waals surface area contributed by atoms with Crippen LogP contribution in [0.15, 0.2) is 28.7 Å². The number of benzene rings is 1. The van der Waals surface area contributed by atoms with Gasteiger partial charge in [0.25, 0.3) is 0 Å². The van der Waals surface area contributed by atoms with Gasteiger partial charge in [0.1, 0.15) is 11.6 Å². The van der Waals surface area contributed by atoms with Crippen LogP contribution in [0.25, 0.3) is 0 Å². The van der Waals surface area contributed by atoms with Crippen LogP contribution in [0, 0.1) is 5.82 Å². The minimum Gasteiger partial charge on any atom is -0.466 e. The van der Waals surface area contributed by atoms with Gasteiger partial charge >= 0.3 is 12.6 Å². The Kier molecular flexibility index (Phi) is 6.75. The van der Waals surface area contributed by atoms with Crippen LogP contribution >= 0.6 is 11.3 Å². The molecule has 0 aliphatic heterocycles. The van der Waals surface area contributed by atoms with E-state index in [0.717, 1.165) is 24.4 Å². The summed E-state index contributed by atoms with van der Waals surface area (Å²) in [5.74, 6) is -1.21. The van der Waals surface area contributed by atoms with Crippen LogP contribution < -0.4 is 10.2 Å². The molecule has 2 aromatic rings. The van der Waals surface area contributed by atoms with Crippen molar-refractivity contribution in [2.24, 2.45) is 5.10 Å². The highest BCUT2D eigenvalue weighted by Gasteiger charge is 2.10. The summed E-state index contributed by atoms with van der Waals surface area (Å²) in [6.45, 7) is -1.04. The summed E-state index contributed by atoms with van der Waals surface area (Å²) in [6.07, 6.45) is 1.17. The molecule has 0 atom stereocenters. The van der Waals surface area contributed by atoms with Gasteiger partial charge in [-0.25, -0.2) is 9.37 Å². The Hall–Kier alpha value is -2.62. The van der Waals surface area contributed by atoms with E-state index in [0.29, 0.717) is 10.8 Å². The highest BCUT2D eigenvalue weighted by molar-refractivity contribution is 7.13. The fraction of sp³-hybridized carbons (Fsp3) is 0.267. The van der Waals surface area contributed by atoms with Crippen molar-refractivity contribution in [1.82, 2.24) is 4.98 Å². The fourth-order valence-electron chi connectivity index (χ4n) is 1.78. The first-order valence-electron chi connectivity index (χ1n) is 7.11. The van der Waals surface area contributed by atoms with Crippen molar-refractivity contribution in [3.63, 3.8) is 0 Å². The SMILES string of the molecule is CCOC(=O)Cc1csc(NN=Cc2cc(F)ccc2OC(F)F)n1. The molecule has 0 aliphatic carbocycles. The lowest BCUT2D eigenvalue weighted by molar-refractivity contribution is -0.142. The van der Waals surface area contributed by atoms with Crippen LogP contribution in [-0.2, 0) is 16.0 Å². The number of alkyl halides is 2. The molecule has 0 bridgehead atoms. The third-order valence-electron chi connectivity index (χ3n) is 2.73. The molecule has 25 heavy (non-hydrogen) atoms. The maximum Gasteiger partial charge on any atom is 0.387 e. The summed E-state index contributed by atoms with van der Waals surface area (Å²) in [4.78, 5) is 15.5. The van der Waals surface area contributed by atoms with Crippen LogP contribution in [0.5, 0.6) is 5.75 Å². The van der Waals surface area contributed by atoms with E-state index in [2.05, 4.69) is 20.2 Å². The maximum atomic E-state index is 13.2. The number of esters is 1. The van der Waals surface area contributed by atoms with Gasteiger partial charge in [-0.3, -0.25) is 10.2 Å². The third-order valence-corrected chi connectivity index (χ3v) is 3.53. The molecule has 1 heterocycles. The van der Waals surface area contributed by atoms with Gasteiger partial charge in [0.05, 0.1) is 24.9 Å². The van der Waals surface area contributed by atoms with Gasteiger partial charge in [-0.05, 0) is 25.1 Å².